The van der Waals surface area contributed by atoms with Gasteiger partial charge in [0, 0.05) is 49.6 Å². The Bertz CT molecular complexity index is 1200. The van der Waals surface area contributed by atoms with Crippen molar-refractivity contribution in [3.63, 3.8) is 0 Å². The molecule has 0 saturated heterocycles. The molecule has 2 aromatic heterocycles. The molecule has 0 fully saturated rings. The first-order valence-corrected chi connectivity index (χ1v) is 12.5. The van der Waals surface area contributed by atoms with Gasteiger partial charge in [-0.3, -0.25) is 14.8 Å². The van der Waals surface area contributed by atoms with Crippen molar-refractivity contribution in [3.05, 3.63) is 66.1 Å². The first-order chi connectivity index (χ1) is 17.7. The van der Waals surface area contributed by atoms with Crippen molar-refractivity contribution in [2.45, 2.75) is 53.9 Å². The van der Waals surface area contributed by atoms with Crippen LogP contribution in [0, 0.1) is 24.7 Å². The van der Waals surface area contributed by atoms with E-state index in [0.717, 1.165) is 40.8 Å². The third kappa shape index (κ3) is 10.3. The van der Waals surface area contributed by atoms with Crippen LogP contribution in [0.15, 0.2) is 54.9 Å². The summed E-state index contributed by atoms with van der Waals surface area (Å²) in [5.41, 5.74) is 6.41. The number of aldehydes is 1. The molecule has 0 radical (unpaired) electrons. The number of aryl methyl sites for hydroxylation is 1. The fourth-order valence-electron chi connectivity index (χ4n) is 3.18. The van der Waals surface area contributed by atoms with Gasteiger partial charge in [0.2, 0.25) is 0 Å². The minimum Gasteiger partial charge on any atom is -0.388 e. The van der Waals surface area contributed by atoms with Crippen LogP contribution >= 0.6 is 0 Å². The van der Waals surface area contributed by atoms with Gasteiger partial charge in [0.1, 0.15) is 12.0 Å². The predicted molar refractivity (Wildman–Crippen MR) is 154 cm³/mol. The summed E-state index contributed by atoms with van der Waals surface area (Å²) in [5, 5.41) is 5.76. The van der Waals surface area contributed by atoms with E-state index >= 15 is 0 Å². The largest absolute Gasteiger partial charge is 0.388 e. The summed E-state index contributed by atoms with van der Waals surface area (Å²) < 4.78 is 0. The maximum Gasteiger partial charge on any atom is 0.269 e. The van der Waals surface area contributed by atoms with Gasteiger partial charge in [-0.15, -0.1) is 12.3 Å². The number of benzene rings is 1. The van der Waals surface area contributed by atoms with E-state index in [1.807, 2.05) is 39.1 Å². The maximum atomic E-state index is 11.8. The lowest BCUT2D eigenvalue weighted by Crippen LogP contribution is -2.19. The molecule has 0 aliphatic carbocycles. The fraction of sp³-hybridized carbons (Fsp3) is 0.355. The minimum atomic E-state index is -0.212. The van der Waals surface area contributed by atoms with Gasteiger partial charge in [0.05, 0.1) is 5.69 Å². The topological polar surface area (TPSA) is 84.0 Å². The van der Waals surface area contributed by atoms with Gasteiger partial charge in [-0.1, -0.05) is 26.3 Å². The standard InChI is InChI=1S/C20H20N4O.C8H12O.C3H8/c1-13-4-5-16(21-2)12-17(13)14-6-8-23-18(10-14)15-7-9-24-19(11-15)20(25)22-3;1-4-8(2,3)6-5-7-9;1-3-2/h4-12,21H,1-3H3,(H,22,25);1,7H,5-6H2,2-3H3;3H2,1-2H3. The molecule has 0 aliphatic heterocycles. The second-order valence-corrected chi connectivity index (χ2v) is 9.16. The lowest BCUT2D eigenvalue weighted by atomic mass is 9.89. The average molecular weight is 501 g/mol. The summed E-state index contributed by atoms with van der Waals surface area (Å²) in [4.78, 5) is 30.3. The third-order valence-electron chi connectivity index (χ3n) is 5.39. The van der Waals surface area contributed by atoms with Crippen LogP contribution in [0.3, 0.4) is 0 Å². The lowest BCUT2D eigenvalue weighted by Gasteiger charge is -2.13. The van der Waals surface area contributed by atoms with Crippen molar-refractivity contribution in [2.75, 3.05) is 19.4 Å². The van der Waals surface area contributed by atoms with Gasteiger partial charge >= 0.3 is 0 Å². The number of anilines is 1. The number of nitrogens with zero attached hydrogens (tertiary/aromatic N) is 2. The molecule has 196 valence electrons. The molecule has 37 heavy (non-hydrogen) atoms. The quantitative estimate of drug-likeness (QED) is 0.283. The van der Waals surface area contributed by atoms with Crippen molar-refractivity contribution in [3.8, 4) is 34.7 Å². The molecular weight excluding hydrogens is 460 g/mol. The number of rotatable bonds is 7. The van der Waals surface area contributed by atoms with Gasteiger partial charge in [-0.2, -0.15) is 0 Å². The Hall–Kier alpha value is -3.98. The molecule has 2 N–H and O–H groups in total. The summed E-state index contributed by atoms with van der Waals surface area (Å²) in [5.74, 6) is 2.40. The van der Waals surface area contributed by atoms with Gasteiger partial charge in [0.25, 0.3) is 5.91 Å². The zero-order valence-electron chi connectivity index (χ0n) is 23.2. The normalized spacial score (nSPS) is 10.0. The van der Waals surface area contributed by atoms with Gasteiger partial charge in [-0.25, -0.2) is 0 Å². The summed E-state index contributed by atoms with van der Waals surface area (Å²) >= 11 is 0. The SMILES string of the molecule is C#CC(C)(C)CCC=O.CCC.CNC(=O)c1cc(-c2cc(-c3cc(NC)ccc3C)ccn2)ccn1. The number of amides is 1. The number of pyridine rings is 2. The number of hydrogen-bond donors (Lipinski definition) is 2. The van der Waals surface area contributed by atoms with E-state index < -0.39 is 0 Å². The molecule has 0 aliphatic rings. The Balaban J connectivity index is 0.000000480. The van der Waals surface area contributed by atoms with Gasteiger partial charge in [0.15, 0.2) is 0 Å². The van der Waals surface area contributed by atoms with Crippen LogP contribution in [0.4, 0.5) is 5.69 Å². The van der Waals surface area contributed by atoms with Crippen LogP contribution in [0.2, 0.25) is 0 Å². The zero-order valence-corrected chi connectivity index (χ0v) is 23.2. The maximum absolute atomic E-state index is 11.8. The Morgan fingerprint density at radius 3 is 2.27 bits per heavy atom. The Morgan fingerprint density at radius 1 is 1.03 bits per heavy atom. The molecule has 2 heterocycles. The van der Waals surface area contributed by atoms with E-state index in [0.29, 0.717) is 12.1 Å². The molecule has 1 aromatic carbocycles. The molecule has 3 rings (SSSR count). The van der Waals surface area contributed by atoms with E-state index in [1.54, 1.807) is 25.5 Å². The van der Waals surface area contributed by atoms with Gasteiger partial charge in [-0.05, 0) is 80.3 Å². The average Bonchev–Trinajstić information content (AvgIpc) is 2.92. The lowest BCUT2D eigenvalue weighted by molar-refractivity contribution is -0.108. The molecule has 0 saturated carbocycles. The number of carbonyl (C=O) groups excluding carboxylic acids is 2. The Kier molecular flexibility index (Phi) is 13.3. The smallest absolute Gasteiger partial charge is 0.269 e. The van der Waals surface area contributed by atoms with Crippen LogP contribution in [0.1, 0.15) is 63.0 Å². The molecule has 0 bridgehead atoms. The number of aromatic nitrogens is 2. The Morgan fingerprint density at radius 2 is 1.68 bits per heavy atom. The van der Waals surface area contributed by atoms with Crippen LogP contribution < -0.4 is 10.6 Å². The number of nitrogens with one attached hydrogen (secondary N) is 2. The summed E-state index contributed by atoms with van der Waals surface area (Å²) in [6, 6.07) is 13.9. The summed E-state index contributed by atoms with van der Waals surface area (Å²) in [6.07, 6.45) is 12.1. The van der Waals surface area contributed by atoms with Crippen LogP contribution in [0.5, 0.6) is 0 Å². The molecule has 0 unspecified atom stereocenters. The molecule has 1 amide bonds. The van der Waals surface area contributed by atoms with Crippen molar-refractivity contribution in [1.82, 2.24) is 15.3 Å². The first-order valence-electron chi connectivity index (χ1n) is 12.5. The van der Waals surface area contributed by atoms with E-state index in [9.17, 15) is 9.59 Å². The van der Waals surface area contributed by atoms with E-state index in [2.05, 4.69) is 65.5 Å². The van der Waals surface area contributed by atoms with Crippen LogP contribution in [-0.4, -0.2) is 36.3 Å². The molecule has 6 heteroatoms. The van der Waals surface area contributed by atoms with Gasteiger partial charge < -0.3 is 15.4 Å². The highest BCUT2D eigenvalue weighted by Gasteiger charge is 2.12. The number of terminal acetylenes is 1. The predicted octanol–water partition coefficient (Wildman–Crippen LogP) is 6.56. The molecular formula is C31H40N4O2. The third-order valence-corrected chi connectivity index (χ3v) is 5.39. The molecule has 6 nitrogen and oxygen atoms in total. The highest BCUT2D eigenvalue weighted by molar-refractivity contribution is 5.93. The molecule has 0 spiro atoms. The van der Waals surface area contributed by atoms with Crippen LogP contribution in [0.25, 0.3) is 22.4 Å². The summed E-state index contributed by atoms with van der Waals surface area (Å²) in [7, 11) is 3.50. The minimum absolute atomic E-state index is 0.110. The van der Waals surface area contributed by atoms with E-state index in [-0.39, 0.29) is 11.3 Å². The zero-order chi connectivity index (χ0) is 27.8. The van der Waals surface area contributed by atoms with Crippen molar-refractivity contribution >= 4 is 17.9 Å². The fourth-order valence-corrected chi connectivity index (χ4v) is 3.18. The Labute approximate surface area is 222 Å². The van der Waals surface area contributed by atoms with E-state index in [4.69, 9.17) is 6.42 Å². The van der Waals surface area contributed by atoms with Crippen molar-refractivity contribution in [1.29, 1.82) is 0 Å². The summed E-state index contributed by atoms with van der Waals surface area (Å²) in [6.45, 7) is 10.2. The second kappa shape index (κ2) is 15.9. The van der Waals surface area contributed by atoms with Crippen molar-refractivity contribution in [2.24, 2.45) is 5.41 Å². The highest BCUT2D eigenvalue weighted by Crippen LogP contribution is 2.29. The van der Waals surface area contributed by atoms with Crippen LogP contribution in [-0.2, 0) is 4.79 Å². The number of carbonyl (C=O) groups is 2. The molecule has 0 atom stereocenters. The van der Waals surface area contributed by atoms with Crippen molar-refractivity contribution < 1.29 is 9.59 Å². The number of hydrogen-bond acceptors (Lipinski definition) is 5. The second-order valence-electron chi connectivity index (χ2n) is 9.16. The molecule has 3 aromatic rings. The highest BCUT2D eigenvalue weighted by atomic mass is 16.1. The monoisotopic (exact) mass is 500 g/mol. The van der Waals surface area contributed by atoms with E-state index in [1.165, 1.54) is 12.0 Å². The first kappa shape index (κ1) is 31.1.